The van der Waals surface area contributed by atoms with E-state index >= 15 is 0 Å². The second-order valence-corrected chi connectivity index (χ2v) is 5.32. The van der Waals surface area contributed by atoms with Crippen LogP contribution in [0.5, 0.6) is 0 Å². The first-order chi connectivity index (χ1) is 7.34. The van der Waals surface area contributed by atoms with Crippen LogP contribution in [0.2, 0.25) is 0 Å². The minimum atomic E-state index is -3.66. The van der Waals surface area contributed by atoms with Crippen LogP contribution < -0.4 is 0 Å². The minimum absolute atomic E-state index is 0.0297. The molecule has 0 unspecified atom stereocenters. The third-order valence-corrected chi connectivity index (χ3v) is 3.77. The average molecular weight is 247 g/mol. The fourth-order valence-corrected chi connectivity index (χ4v) is 2.20. The summed E-state index contributed by atoms with van der Waals surface area (Å²) in [4.78, 5) is 16.7. The summed E-state index contributed by atoms with van der Waals surface area (Å²) in [5.74, 6) is -0.548. The number of aromatic nitrogens is 2. The van der Waals surface area contributed by atoms with Crippen molar-refractivity contribution in [2.24, 2.45) is 0 Å². The molecule has 90 valence electrons. The minimum Gasteiger partial charge on any atom is -0.481 e. The number of nitrogens with one attached hydrogen (secondary N) is 1. The standard InChI is InChI=1S/C8H13N3O4S/c1-6-9-5-7(10-6)16(14,15)11(2)4-3-8(12)13/h5H,3-4H2,1-2H3,(H,9,10)(H,12,13). The van der Waals surface area contributed by atoms with Crippen LogP contribution in [-0.4, -0.2) is 47.4 Å². The van der Waals surface area contributed by atoms with Crippen molar-refractivity contribution in [1.82, 2.24) is 14.3 Å². The highest BCUT2D eigenvalue weighted by molar-refractivity contribution is 7.89. The zero-order chi connectivity index (χ0) is 12.3. The molecule has 0 saturated carbocycles. The number of carboxylic acids is 1. The van der Waals surface area contributed by atoms with E-state index in [1.54, 1.807) is 6.92 Å². The van der Waals surface area contributed by atoms with Crippen LogP contribution in [0, 0.1) is 6.92 Å². The fourth-order valence-electron chi connectivity index (χ4n) is 1.07. The summed E-state index contributed by atoms with van der Waals surface area (Å²) in [6.45, 7) is 1.56. The van der Waals surface area contributed by atoms with Crippen LogP contribution in [-0.2, 0) is 14.8 Å². The number of aryl methyl sites for hydroxylation is 1. The molecule has 0 fully saturated rings. The monoisotopic (exact) mass is 247 g/mol. The number of carboxylic acid groups (broad SMARTS) is 1. The second-order valence-electron chi connectivity index (χ2n) is 3.30. The number of hydrogen-bond acceptors (Lipinski definition) is 4. The molecule has 0 amide bonds. The van der Waals surface area contributed by atoms with Gasteiger partial charge < -0.3 is 10.1 Å². The number of hydrogen-bond donors (Lipinski definition) is 2. The number of aromatic amines is 1. The molecule has 2 N–H and O–H groups in total. The third-order valence-electron chi connectivity index (χ3n) is 2.01. The maximum Gasteiger partial charge on any atom is 0.304 e. The predicted molar refractivity (Wildman–Crippen MR) is 55.4 cm³/mol. The molecule has 0 atom stereocenters. The van der Waals surface area contributed by atoms with E-state index in [1.165, 1.54) is 13.2 Å². The Bertz CT molecular complexity index is 479. The summed E-state index contributed by atoms with van der Waals surface area (Å²) in [6, 6.07) is 0. The van der Waals surface area contributed by atoms with Gasteiger partial charge in [0.25, 0.3) is 10.0 Å². The molecule has 0 aliphatic carbocycles. The van der Waals surface area contributed by atoms with Crippen molar-refractivity contribution in [2.45, 2.75) is 18.4 Å². The molecule has 1 heterocycles. The SMILES string of the molecule is Cc1ncc(S(=O)(=O)N(C)CCC(=O)O)[nH]1. The maximum absolute atomic E-state index is 11.8. The van der Waals surface area contributed by atoms with Gasteiger partial charge >= 0.3 is 5.97 Å². The first-order valence-corrected chi connectivity index (χ1v) is 5.98. The quantitative estimate of drug-likeness (QED) is 0.750. The van der Waals surface area contributed by atoms with Gasteiger partial charge in [0.05, 0.1) is 12.6 Å². The lowest BCUT2D eigenvalue weighted by Crippen LogP contribution is -2.29. The van der Waals surface area contributed by atoms with Gasteiger partial charge in [0.2, 0.25) is 0 Å². The molecule has 0 aliphatic rings. The topological polar surface area (TPSA) is 103 Å². The molecule has 1 rings (SSSR count). The number of H-pyrrole nitrogens is 1. The van der Waals surface area contributed by atoms with Gasteiger partial charge in [0.15, 0.2) is 5.03 Å². The van der Waals surface area contributed by atoms with Gasteiger partial charge in [-0.1, -0.05) is 0 Å². The number of sulfonamides is 1. The van der Waals surface area contributed by atoms with Crippen molar-refractivity contribution < 1.29 is 18.3 Å². The van der Waals surface area contributed by atoms with Crippen molar-refractivity contribution >= 4 is 16.0 Å². The van der Waals surface area contributed by atoms with E-state index < -0.39 is 16.0 Å². The van der Waals surface area contributed by atoms with E-state index in [9.17, 15) is 13.2 Å². The van der Waals surface area contributed by atoms with Crippen LogP contribution in [0.3, 0.4) is 0 Å². The van der Waals surface area contributed by atoms with Gasteiger partial charge in [0, 0.05) is 13.6 Å². The number of aliphatic carboxylic acids is 1. The lowest BCUT2D eigenvalue weighted by Gasteiger charge is -2.14. The summed E-state index contributed by atoms with van der Waals surface area (Å²) in [5.41, 5.74) is 0. The molecule has 0 aromatic carbocycles. The van der Waals surface area contributed by atoms with Gasteiger partial charge in [-0.3, -0.25) is 4.79 Å². The zero-order valence-electron chi connectivity index (χ0n) is 8.97. The molecule has 0 aliphatic heterocycles. The van der Waals surface area contributed by atoms with Crippen molar-refractivity contribution in [1.29, 1.82) is 0 Å². The van der Waals surface area contributed by atoms with E-state index in [0.29, 0.717) is 5.82 Å². The Labute approximate surface area is 93.2 Å². The van der Waals surface area contributed by atoms with E-state index in [4.69, 9.17) is 5.11 Å². The van der Waals surface area contributed by atoms with E-state index in [1.807, 2.05) is 0 Å². The smallest absolute Gasteiger partial charge is 0.304 e. The van der Waals surface area contributed by atoms with E-state index in [2.05, 4.69) is 9.97 Å². The first kappa shape index (κ1) is 12.7. The highest BCUT2D eigenvalue weighted by Gasteiger charge is 2.22. The third kappa shape index (κ3) is 2.80. The van der Waals surface area contributed by atoms with Crippen LogP contribution in [0.4, 0.5) is 0 Å². The maximum atomic E-state index is 11.8. The van der Waals surface area contributed by atoms with Crippen molar-refractivity contribution in [3.8, 4) is 0 Å². The highest BCUT2D eigenvalue weighted by atomic mass is 32.2. The summed E-state index contributed by atoms with van der Waals surface area (Å²) in [6.07, 6.45) is 0.977. The van der Waals surface area contributed by atoms with Crippen molar-refractivity contribution in [3.05, 3.63) is 12.0 Å². The first-order valence-electron chi connectivity index (χ1n) is 4.54. The van der Waals surface area contributed by atoms with Crippen molar-refractivity contribution in [3.63, 3.8) is 0 Å². The molecule has 7 nitrogen and oxygen atoms in total. The Hall–Kier alpha value is -1.41. The van der Waals surface area contributed by atoms with Gasteiger partial charge in [-0.15, -0.1) is 0 Å². The molecule has 0 saturated heterocycles. The normalized spacial score (nSPS) is 11.9. The van der Waals surface area contributed by atoms with Gasteiger partial charge in [-0.05, 0) is 6.92 Å². The molecule has 8 heteroatoms. The Kier molecular flexibility index (Phi) is 3.66. The van der Waals surface area contributed by atoms with Gasteiger partial charge in [-0.25, -0.2) is 13.4 Å². The summed E-state index contributed by atoms with van der Waals surface area (Å²) < 4.78 is 24.6. The summed E-state index contributed by atoms with van der Waals surface area (Å²) >= 11 is 0. The van der Waals surface area contributed by atoms with E-state index in [0.717, 1.165) is 4.31 Å². The average Bonchev–Trinajstić information content (AvgIpc) is 2.61. The Morgan fingerprint density at radius 3 is 2.69 bits per heavy atom. The Balaban J connectivity index is 2.82. The summed E-state index contributed by atoms with van der Waals surface area (Å²) in [5, 5.41) is 8.43. The number of nitrogens with zero attached hydrogens (tertiary/aromatic N) is 2. The largest absolute Gasteiger partial charge is 0.481 e. The van der Waals surface area contributed by atoms with Crippen molar-refractivity contribution in [2.75, 3.05) is 13.6 Å². The molecular weight excluding hydrogens is 234 g/mol. The van der Waals surface area contributed by atoms with Gasteiger partial charge in [0.1, 0.15) is 5.82 Å². The molecule has 0 bridgehead atoms. The molecule has 0 radical (unpaired) electrons. The highest BCUT2D eigenvalue weighted by Crippen LogP contribution is 2.11. The number of carbonyl (C=O) groups is 1. The predicted octanol–water partition coefficient (Wildman–Crippen LogP) is -0.187. The zero-order valence-corrected chi connectivity index (χ0v) is 9.78. The summed E-state index contributed by atoms with van der Waals surface area (Å²) in [7, 11) is -2.33. The molecular formula is C8H13N3O4S. The molecule has 1 aromatic heterocycles. The lowest BCUT2D eigenvalue weighted by molar-refractivity contribution is -0.137. The molecule has 16 heavy (non-hydrogen) atoms. The number of imidazole rings is 1. The molecule has 1 aromatic rings. The lowest BCUT2D eigenvalue weighted by atomic mass is 10.4. The second kappa shape index (κ2) is 4.62. The Morgan fingerprint density at radius 2 is 2.25 bits per heavy atom. The van der Waals surface area contributed by atoms with Gasteiger partial charge in [-0.2, -0.15) is 4.31 Å². The molecule has 0 spiro atoms. The van der Waals surface area contributed by atoms with Crippen LogP contribution in [0.1, 0.15) is 12.2 Å². The Morgan fingerprint density at radius 1 is 1.62 bits per heavy atom. The van der Waals surface area contributed by atoms with E-state index in [-0.39, 0.29) is 18.0 Å². The van der Waals surface area contributed by atoms with Crippen LogP contribution >= 0.6 is 0 Å². The van der Waals surface area contributed by atoms with Crippen LogP contribution in [0.15, 0.2) is 11.2 Å². The fraction of sp³-hybridized carbons (Fsp3) is 0.500. The van der Waals surface area contributed by atoms with Crippen LogP contribution in [0.25, 0.3) is 0 Å². The number of rotatable bonds is 5.